The summed E-state index contributed by atoms with van der Waals surface area (Å²) < 4.78 is 11.3. The Hall–Kier alpha value is -4.21. The third-order valence-electron chi connectivity index (χ3n) is 5.73. The number of hydrogen-bond donors (Lipinski definition) is 0. The van der Waals surface area contributed by atoms with Crippen molar-refractivity contribution in [2.75, 3.05) is 6.61 Å². The van der Waals surface area contributed by atoms with Crippen LogP contribution in [0.4, 0.5) is 0 Å². The third-order valence-corrected chi connectivity index (χ3v) is 6.61. The summed E-state index contributed by atoms with van der Waals surface area (Å²) in [7, 11) is 0. The molecule has 2 heterocycles. The van der Waals surface area contributed by atoms with Crippen molar-refractivity contribution in [1.29, 1.82) is 5.26 Å². The zero-order chi connectivity index (χ0) is 24.2. The summed E-state index contributed by atoms with van der Waals surface area (Å²) in [5.74, 6) is 0.807. The summed E-state index contributed by atoms with van der Waals surface area (Å²) in [4.78, 5) is 17.3. The van der Waals surface area contributed by atoms with E-state index in [0.29, 0.717) is 34.0 Å². The van der Waals surface area contributed by atoms with Crippen molar-refractivity contribution in [3.8, 4) is 23.1 Å². The van der Waals surface area contributed by atoms with Crippen molar-refractivity contribution in [2.24, 2.45) is 0 Å². The Labute approximate surface area is 206 Å². The second-order valence-corrected chi connectivity index (χ2v) is 8.98. The van der Waals surface area contributed by atoms with Gasteiger partial charge in [0.05, 0.1) is 23.4 Å². The molecule has 0 aliphatic carbocycles. The SMILES string of the molecule is CCCCOc1ccc(/C=C(/C#N)c2nc(-c3cc4c(ccc5ccccc54)oc3=O)cs2)cc1. The largest absolute Gasteiger partial charge is 0.494 e. The normalized spacial score (nSPS) is 11.6. The van der Waals surface area contributed by atoms with Crippen LogP contribution in [0.5, 0.6) is 5.75 Å². The van der Waals surface area contributed by atoms with Gasteiger partial charge in [-0.15, -0.1) is 11.3 Å². The van der Waals surface area contributed by atoms with E-state index in [1.165, 1.54) is 11.3 Å². The highest BCUT2D eigenvalue weighted by Crippen LogP contribution is 2.30. The molecule has 0 atom stereocenters. The number of fused-ring (bicyclic) bond motifs is 3. The Balaban J connectivity index is 1.47. The van der Waals surface area contributed by atoms with Crippen LogP contribution >= 0.6 is 11.3 Å². The lowest BCUT2D eigenvalue weighted by atomic mass is 10.0. The average Bonchev–Trinajstić information content (AvgIpc) is 3.37. The van der Waals surface area contributed by atoms with Crippen LogP contribution in [-0.2, 0) is 0 Å². The van der Waals surface area contributed by atoms with Crippen LogP contribution in [0.2, 0.25) is 0 Å². The number of allylic oxidation sites excluding steroid dienone is 1. The average molecular weight is 479 g/mol. The Kier molecular flexibility index (Phi) is 6.42. The van der Waals surface area contributed by atoms with Crippen LogP contribution in [0.3, 0.4) is 0 Å². The molecule has 0 unspecified atom stereocenters. The van der Waals surface area contributed by atoms with Crippen LogP contribution in [0, 0.1) is 11.3 Å². The maximum Gasteiger partial charge on any atom is 0.345 e. The first kappa shape index (κ1) is 22.6. The van der Waals surface area contributed by atoms with Crippen LogP contribution in [-0.4, -0.2) is 11.6 Å². The summed E-state index contributed by atoms with van der Waals surface area (Å²) in [5.41, 5.74) is 2.25. The second kappa shape index (κ2) is 9.96. The molecule has 0 radical (unpaired) electrons. The van der Waals surface area contributed by atoms with Gasteiger partial charge in [-0.25, -0.2) is 9.78 Å². The number of benzene rings is 3. The Morgan fingerprint density at radius 3 is 2.74 bits per heavy atom. The quantitative estimate of drug-likeness (QED) is 0.106. The number of rotatable bonds is 7. The van der Waals surface area contributed by atoms with Crippen LogP contribution in [0.15, 0.2) is 81.3 Å². The molecule has 0 amide bonds. The molecule has 0 saturated heterocycles. The minimum absolute atomic E-state index is 0.377. The highest BCUT2D eigenvalue weighted by Gasteiger charge is 2.15. The highest BCUT2D eigenvalue weighted by atomic mass is 32.1. The molecule has 6 heteroatoms. The minimum atomic E-state index is -0.453. The Morgan fingerprint density at radius 2 is 1.94 bits per heavy atom. The number of thiazole rings is 1. The van der Waals surface area contributed by atoms with Crippen molar-refractivity contribution >= 4 is 44.7 Å². The fraction of sp³-hybridized carbons (Fsp3) is 0.138. The van der Waals surface area contributed by atoms with Crippen molar-refractivity contribution in [2.45, 2.75) is 19.8 Å². The summed E-state index contributed by atoms with van der Waals surface area (Å²) in [6, 6.07) is 23.4. The van der Waals surface area contributed by atoms with Crippen LogP contribution in [0.1, 0.15) is 30.3 Å². The molecule has 0 bridgehead atoms. The van der Waals surface area contributed by atoms with E-state index in [9.17, 15) is 10.1 Å². The van der Waals surface area contributed by atoms with Crippen molar-refractivity contribution in [3.63, 3.8) is 0 Å². The smallest absolute Gasteiger partial charge is 0.345 e. The van der Waals surface area contributed by atoms with E-state index in [2.05, 4.69) is 18.0 Å². The fourth-order valence-corrected chi connectivity index (χ4v) is 4.66. The molecule has 172 valence electrons. The van der Waals surface area contributed by atoms with Gasteiger partial charge in [-0.05, 0) is 53.1 Å². The molecule has 35 heavy (non-hydrogen) atoms. The molecule has 0 N–H and O–H groups in total. The maximum absolute atomic E-state index is 12.7. The van der Waals surface area contributed by atoms with E-state index < -0.39 is 5.63 Å². The molecular weight excluding hydrogens is 456 g/mol. The van der Waals surface area contributed by atoms with Gasteiger partial charge in [-0.3, -0.25) is 0 Å². The highest BCUT2D eigenvalue weighted by molar-refractivity contribution is 7.11. The predicted octanol–water partition coefficient (Wildman–Crippen LogP) is 7.31. The standard InChI is InChI=1S/C29H22N2O3S/c1-2-3-14-33-22-11-8-19(9-12-22)15-21(17-30)28-31-26(18-35-28)25-16-24-23-7-5-4-6-20(23)10-13-27(24)34-29(25)32/h4-13,15-16,18H,2-3,14H2,1H3/b21-15-. The van der Waals surface area contributed by atoms with Gasteiger partial charge in [0.25, 0.3) is 0 Å². The lowest BCUT2D eigenvalue weighted by Gasteiger charge is -2.05. The fourth-order valence-electron chi connectivity index (χ4n) is 3.87. The predicted molar refractivity (Wildman–Crippen MR) is 141 cm³/mol. The number of ether oxygens (including phenoxy) is 1. The molecular formula is C29H22N2O3S. The van der Waals surface area contributed by atoms with Gasteiger partial charge < -0.3 is 9.15 Å². The zero-order valence-corrected chi connectivity index (χ0v) is 20.0. The molecule has 2 aromatic heterocycles. The minimum Gasteiger partial charge on any atom is -0.494 e. The van der Waals surface area contributed by atoms with Gasteiger partial charge in [0, 0.05) is 10.8 Å². The van der Waals surface area contributed by atoms with Gasteiger partial charge in [-0.1, -0.05) is 55.8 Å². The summed E-state index contributed by atoms with van der Waals surface area (Å²) in [5, 5.41) is 15.0. The second-order valence-electron chi connectivity index (χ2n) is 8.12. The molecule has 0 fully saturated rings. The van der Waals surface area contributed by atoms with E-state index >= 15 is 0 Å². The molecule has 5 rings (SSSR count). The van der Waals surface area contributed by atoms with Gasteiger partial charge in [0.1, 0.15) is 22.4 Å². The summed E-state index contributed by atoms with van der Waals surface area (Å²) in [6.45, 7) is 2.81. The Bertz CT molecular complexity index is 1640. The molecule has 0 aliphatic rings. The van der Waals surface area contributed by atoms with Crippen molar-refractivity contribution < 1.29 is 9.15 Å². The monoisotopic (exact) mass is 478 g/mol. The number of aromatic nitrogens is 1. The van der Waals surface area contributed by atoms with Crippen LogP contribution in [0.25, 0.3) is 44.6 Å². The lowest BCUT2D eigenvalue weighted by Crippen LogP contribution is -2.03. The molecule has 0 spiro atoms. The lowest BCUT2D eigenvalue weighted by molar-refractivity contribution is 0.309. The number of unbranched alkanes of at least 4 members (excludes halogenated alkanes) is 1. The first-order valence-electron chi connectivity index (χ1n) is 11.4. The number of nitrogens with zero attached hydrogens (tertiary/aromatic N) is 2. The number of nitriles is 1. The summed E-state index contributed by atoms with van der Waals surface area (Å²) in [6.07, 6.45) is 3.88. The molecule has 5 nitrogen and oxygen atoms in total. The van der Waals surface area contributed by atoms with E-state index in [4.69, 9.17) is 9.15 Å². The topological polar surface area (TPSA) is 76.1 Å². The molecule has 0 aliphatic heterocycles. The molecule has 0 saturated carbocycles. The number of hydrogen-bond acceptors (Lipinski definition) is 6. The van der Waals surface area contributed by atoms with E-state index in [1.54, 1.807) is 11.5 Å². The first-order valence-corrected chi connectivity index (χ1v) is 12.3. The molecule has 5 aromatic rings. The van der Waals surface area contributed by atoms with E-state index in [1.807, 2.05) is 66.7 Å². The van der Waals surface area contributed by atoms with E-state index in [0.717, 1.165) is 40.3 Å². The van der Waals surface area contributed by atoms with Gasteiger partial charge in [0.15, 0.2) is 0 Å². The zero-order valence-electron chi connectivity index (χ0n) is 19.2. The van der Waals surface area contributed by atoms with Gasteiger partial charge in [-0.2, -0.15) is 5.26 Å². The summed E-state index contributed by atoms with van der Waals surface area (Å²) >= 11 is 1.32. The first-order chi connectivity index (χ1) is 17.2. The van der Waals surface area contributed by atoms with Crippen LogP contribution < -0.4 is 10.4 Å². The van der Waals surface area contributed by atoms with Gasteiger partial charge in [0.2, 0.25) is 0 Å². The van der Waals surface area contributed by atoms with Crippen molar-refractivity contribution in [1.82, 2.24) is 4.98 Å². The van der Waals surface area contributed by atoms with Gasteiger partial charge >= 0.3 is 5.63 Å². The Morgan fingerprint density at radius 1 is 1.11 bits per heavy atom. The van der Waals surface area contributed by atoms with E-state index in [-0.39, 0.29) is 0 Å². The maximum atomic E-state index is 12.7. The molecule has 3 aromatic carbocycles. The third kappa shape index (κ3) is 4.72. The van der Waals surface area contributed by atoms with Crippen molar-refractivity contribution in [3.05, 3.63) is 93.1 Å².